The Morgan fingerprint density at radius 2 is 2.21 bits per heavy atom. The van der Waals surface area contributed by atoms with Crippen LogP contribution in [0.3, 0.4) is 0 Å². The standard InChI is InChI=1S/C13H19N3O3/c1-2-9-16-12(17)8-7-11(14-16)13(18)15-19-10-5-3-4-6-10/h7-8,10H,2-6,9H2,1H3,(H,15,18). The summed E-state index contributed by atoms with van der Waals surface area (Å²) in [6.45, 7) is 2.45. The maximum atomic E-state index is 11.9. The van der Waals surface area contributed by atoms with Gasteiger partial charge < -0.3 is 0 Å². The van der Waals surface area contributed by atoms with Crippen LogP contribution in [0.25, 0.3) is 0 Å². The zero-order valence-corrected chi connectivity index (χ0v) is 11.1. The third-order valence-corrected chi connectivity index (χ3v) is 3.16. The second kappa shape index (κ2) is 6.47. The summed E-state index contributed by atoms with van der Waals surface area (Å²) >= 11 is 0. The first-order valence-corrected chi connectivity index (χ1v) is 6.75. The van der Waals surface area contributed by atoms with Crippen molar-refractivity contribution < 1.29 is 9.63 Å². The number of hydrogen-bond donors (Lipinski definition) is 1. The van der Waals surface area contributed by atoms with Crippen LogP contribution in [-0.4, -0.2) is 21.8 Å². The molecule has 0 atom stereocenters. The summed E-state index contributed by atoms with van der Waals surface area (Å²) in [7, 11) is 0. The van der Waals surface area contributed by atoms with Crippen molar-refractivity contribution in [3.05, 3.63) is 28.2 Å². The van der Waals surface area contributed by atoms with Gasteiger partial charge in [0.2, 0.25) is 0 Å². The summed E-state index contributed by atoms with van der Waals surface area (Å²) < 4.78 is 1.30. The highest BCUT2D eigenvalue weighted by atomic mass is 16.7. The van der Waals surface area contributed by atoms with Gasteiger partial charge in [-0.15, -0.1) is 0 Å². The lowest BCUT2D eigenvalue weighted by Crippen LogP contribution is -2.31. The molecule has 1 amide bonds. The maximum Gasteiger partial charge on any atom is 0.295 e. The molecule has 0 bridgehead atoms. The molecule has 6 nitrogen and oxygen atoms in total. The number of aryl methyl sites for hydroxylation is 1. The first-order valence-electron chi connectivity index (χ1n) is 6.75. The van der Waals surface area contributed by atoms with Gasteiger partial charge in [0.15, 0.2) is 5.69 Å². The molecule has 19 heavy (non-hydrogen) atoms. The number of carbonyl (C=O) groups is 1. The number of carbonyl (C=O) groups excluding carboxylic acids is 1. The van der Waals surface area contributed by atoms with Gasteiger partial charge in [-0.1, -0.05) is 19.8 Å². The van der Waals surface area contributed by atoms with E-state index in [9.17, 15) is 9.59 Å². The van der Waals surface area contributed by atoms with Crippen molar-refractivity contribution in [3.8, 4) is 0 Å². The molecule has 0 radical (unpaired) electrons. The van der Waals surface area contributed by atoms with Crippen molar-refractivity contribution in [2.75, 3.05) is 0 Å². The van der Waals surface area contributed by atoms with Gasteiger partial charge in [-0.05, 0) is 25.3 Å². The third-order valence-electron chi connectivity index (χ3n) is 3.16. The molecule has 1 aromatic rings. The fraction of sp³-hybridized carbons (Fsp3) is 0.615. The van der Waals surface area contributed by atoms with E-state index in [-0.39, 0.29) is 17.4 Å². The summed E-state index contributed by atoms with van der Waals surface area (Å²) in [6, 6.07) is 2.77. The number of nitrogens with zero attached hydrogens (tertiary/aromatic N) is 2. The first-order chi connectivity index (χ1) is 9.20. The molecule has 1 aromatic heterocycles. The SMILES string of the molecule is CCCn1nc(C(=O)NOC2CCCC2)ccc1=O. The van der Waals surface area contributed by atoms with Crippen molar-refractivity contribution in [1.82, 2.24) is 15.3 Å². The van der Waals surface area contributed by atoms with Crippen LogP contribution in [0.2, 0.25) is 0 Å². The molecular formula is C13H19N3O3. The minimum atomic E-state index is -0.406. The molecule has 0 unspecified atom stereocenters. The van der Waals surface area contributed by atoms with Gasteiger partial charge in [-0.25, -0.2) is 10.2 Å². The summed E-state index contributed by atoms with van der Waals surface area (Å²) in [5, 5.41) is 4.02. The molecule has 2 rings (SSSR count). The van der Waals surface area contributed by atoms with E-state index in [4.69, 9.17) is 4.84 Å². The highest BCUT2D eigenvalue weighted by Gasteiger charge is 2.18. The minimum absolute atomic E-state index is 0.102. The first kappa shape index (κ1) is 13.7. The number of amides is 1. The summed E-state index contributed by atoms with van der Waals surface area (Å²) in [5.41, 5.74) is 2.41. The monoisotopic (exact) mass is 265 g/mol. The second-order valence-corrected chi connectivity index (χ2v) is 4.74. The van der Waals surface area contributed by atoms with Crippen molar-refractivity contribution in [3.63, 3.8) is 0 Å². The third kappa shape index (κ3) is 3.64. The van der Waals surface area contributed by atoms with Crippen LogP contribution in [0, 0.1) is 0 Å². The molecule has 0 aliphatic heterocycles. The Kier molecular flexibility index (Phi) is 4.68. The van der Waals surface area contributed by atoms with Gasteiger partial charge in [-0.2, -0.15) is 5.10 Å². The molecule has 1 saturated carbocycles. The number of aromatic nitrogens is 2. The molecule has 6 heteroatoms. The Bertz CT molecular complexity index is 492. The fourth-order valence-electron chi connectivity index (χ4n) is 2.14. The topological polar surface area (TPSA) is 73.2 Å². The summed E-state index contributed by atoms with van der Waals surface area (Å²) in [6.07, 6.45) is 5.12. The van der Waals surface area contributed by atoms with E-state index < -0.39 is 5.91 Å². The van der Waals surface area contributed by atoms with Gasteiger partial charge in [0.05, 0.1) is 6.10 Å². The van der Waals surface area contributed by atoms with E-state index in [0.29, 0.717) is 6.54 Å². The van der Waals surface area contributed by atoms with Crippen molar-refractivity contribution in [2.45, 2.75) is 51.7 Å². The van der Waals surface area contributed by atoms with E-state index in [1.54, 1.807) is 0 Å². The van der Waals surface area contributed by atoms with Crippen LogP contribution in [0.5, 0.6) is 0 Å². The number of hydroxylamine groups is 1. The van der Waals surface area contributed by atoms with Gasteiger partial charge in [-0.3, -0.25) is 14.4 Å². The van der Waals surface area contributed by atoms with Gasteiger partial charge in [0, 0.05) is 12.6 Å². The Labute approximate surface area is 111 Å². The smallest absolute Gasteiger partial charge is 0.270 e. The fourth-order valence-corrected chi connectivity index (χ4v) is 2.14. The van der Waals surface area contributed by atoms with Crippen LogP contribution in [0.1, 0.15) is 49.5 Å². The Balaban J connectivity index is 1.97. The van der Waals surface area contributed by atoms with Crippen LogP contribution in [-0.2, 0) is 11.4 Å². The molecule has 1 aliphatic carbocycles. The van der Waals surface area contributed by atoms with Crippen LogP contribution in [0.4, 0.5) is 0 Å². The second-order valence-electron chi connectivity index (χ2n) is 4.74. The molecule has 104 valence electrons. The molecule has 1 N–H and O–H groups in total. The zero-order chi connectivity index (χ0) is 13.7. The lowest BCUT2D eigenvalue weighted by molar-refractivity contribution is -0.0128. The largest absolute Gasteiger partial charge is 0.295 e. The van der Waals surface area contributed by atoms with Crippen molar-refractivity contribution in [2.24, 2.45) is 0 Å². The summed E-state index contributed by atoms with van der Waals surface area (Å²) in [5.74, 6) is -0.406. The number of nitrogens with one attached hydrogen (secondary N) is 1. The highest BCUT2D eigenvalue weighted by molar-refractivity contribution is 5.91. The van der Waals surface area contributed by atoms with Crippen LogP contribution < -0.4 is 11.0 Å². The molecule has 0 saturated heterocycles. The number of rotatable bonds is 5. The van der Waals surface area contributed by atoms with Crippen molar-refractivity contribution in [1.29, 1.82) is 0 Å². The molecule has 1 heterocycles. The molecule has 1 aliphatic rings. The van der Waals surface area contributed by atoms with E-state index in [0.717, 1.165) is 32.1 Å². The van der Waals surface area contributed by atoms with E-state index in [1.165, 1.54) is 16.8 Å². The minimum Gasteiger partial charge on any atom is -0.270 e. The van der Waals surface area contributed by atoms with Crippen LogP contribution in [0.15, 0.2) is 16.9 Å². The molecule has 0 aromatic carbocycles. The van der Waals surface area contributed by atoms with E-state index in [1.807, 2.05) is 6.92 Å². The normalized spacial score (nSPS) is 15.6. The van der Waals surface area contributed by atoms with Crippen LogP contribution >= 0.6 is 0 Å². The average Bonchev–Trinajstić information content (AvgIpc) is 2.92. The number of hydrogen-bond acceptors (Lipinski definition) is 4. The Morgan fingerprint density at radius 1 is 1.47 bits per heavy atom. The zero-order valence-electron chi connectivity index (χ0n) is 11.1. The quantitative estimate of drug-likeness (QED) is 0.813. The Morgan fingerprint density at radius 3 is 2.89 bits per heavy atom. The van der Waals surface area contributed by atoms with Gasteiger partial charge >= 0.3 is 0 Å². The molecule has 0 spiro atoms. The lowest BCUT2D eigenvalue weighted by atomic mass is 10.3. The van der Waals surface area contributed by atoms with E-state index >= 15 is 0 Å². The van der Waals surface area contributed by atoms with E-state index in [2.05, 4.69) is 10.6 Å². The van der Waals surface area contributed by atoms with Gasteiger partial charge in [0.1, 0.15) is 0 Å². The lowest BCUT2D eigenvalue weighted by Gasteiger charge is -2.11. The highest BCUT2D eigenvalue weighted by Crippen LogP contribution is 2.19. The molecular weight excluding hydrogens is 246 g/mol. The average molecular weight is 265 g/mol. The predicted octanol–water partition coefficient (Wildman–Crippen LogP) is 1.26. The van der Waals surface area contributed by atoms with Crippen molar-refractivity contribution >= 4 is 5.91 Å². The maximum absolute atomic E-state index is 11.9. The van der Waals surface area contributed by atoms with Gasteiger partial charge in [0.25, 0.3) is 11.5 Å². The summed E-state index contributed by atoms with van der Waals surface area (Å²) in [4.78, 5) is 28.7. The Hall–Kier alpha value is -1.69. The predicted molar refractivity (Wildman–Crippen MR) is 69.6 cm³/mol. The molecule has 1 fully saturated rings.